The van der Waals surface area contributed by atoms with Gasteiger partial charge in [0.05, 0.1) is 49.8 Å². The molecule has 0 aromatic heterocycles. The topological polar surface area (TPSA) is 94.1 Å². The van der Waals surface area contributed by atoms with Gasteiger partial charge < -0.3 is 23.5 Å². The van der Waals surface area contributed by atoms with Crippen LogP contribution in [0.25, 0.3) is 0 Å². The van der Waals surface area contributed by atoms with Gasteiger partial charge in [-0.2, -0.15) is 0 Å². The van der Waals surface area contributed by atoms with Crippen molar-refractivity contribution in [2.75, 3.05) is 58.6 Å². The van der Waals surface area contributed by atoms with Crippen molar-refractivity contribution in [3.8, 4) is 0 Å². The standard InChI is InChI=1S/C20H42O7S.Na/c1-2-3-4-5-6-7-8-9-12-24-14-16-26-18-19-27-17-15-25-13-10-11-20-28(21,22)23;/h2-20H2,1H3,(H,21,22,23);/q;+1/p-1. The van der Waals surface area contributed by atoms with Gasteiger partial charge in [-0.3, -0.25) is 0 Å². The molecule has 0 aromatic rings. The summed E-state index contributed by atoms with van der Waals surface area (Å²) in [6.45, 7) is 6.66. The monoisotopic (exact) mass is 448 g/mol. The van der Waals surface area contributed by atoms with Gasteiger partial charge in [0, 0.05) is 19.0 Å². The Morgan fingerprint density at radius 3 is 1.31 bits per heavy atom. The summed E-state index contributed by atoms with van der Waals surface area (Å²) in [5.74, 6) is -0.326. The summed E-state index contributed by atoms with van der Waals surface area (Å²) in [7, 11) is -4.10. The fraction of sp³-hybridized carbons (Fsp3) is 1.00. The largest absolute Gasteiger partial charge is 1.00 e. The van der Waals surface area contributed by atoms with E-state index in [2.05, 4.69) is 6.92 Å². The van der Waals surface area contributed by atoms with Crippen LogP contribution >= 0.6 is 0 Å². The molecule has 0 radical (unpaired) electrons. The number of hydrogen-bond acceptors (Lipinski definition) is 7. The summed E-state index contributed by atoms with van der Waals surface area (Å²) in [5.41, 5.74) is 0. The molecule has 0 N–H and O–H groups in total. The van der Waals surface area contributed by atoms with E-state index in [1.807, 2.05) is 0 Å². The molecule has 0 aromatic carbocycles. The van der Waals surface area contributed by atoms with Crippen molar-refractivity contribution >= 4 is 10.1 Å². The van der Waals surface area contributed by atoms with Crippen LogP contribution in [0.4, 0.5) is 0 Å². The van der Waals surface area contributed by atoms with Crippen molar-refractivity contribution < 1.29 is 61.5 Å². The Morgan fingerprint density at radius 1 is 0.552 bits per heavy atom. The third kappa shape index (κ3) is 31.0. The average molecular weight is 449 g/mol. The van der Waals surface area contributed by atoms with Crippen LogP contribution in [-0.4, -0.2) is 71.6 Å². The van der Waals surface area contributed by atoms with Crippen molar-refractivity contribution in [1.29, 1.82) is 0 Å². The van der Waals surface area contributed by atoms with Crippen molar-refractivity contribution in [2.45, 2.75) is 71.1 Å². The molecule has 0 bridgehead atoms. The van der Waals surface area contributed by atoms with Crippen LogP contribution in [0.15, 0.2) is 0 Å². The molecule has 0 aliphatic rings. The summed E-state index contributed by atoms with van der Waals surface area (Å²) in [4.78, 5) is 0. The first kappa shape index (κ1) is 31.9. The molecular weight excluding hydrogens is 407 g/mol. The van der Waals surface area contributed by atoms with E-state index in [-0.39, 0.29) is 35.3 Å². The smallest absolute Gasteiger partial charge is 0.748 e. The minimum atomic E-state index is -4.10. The van der Waals surface area contributed by atoms with E-state index in [1.165, 1.54) is 44.9 Å². The Morgan fingerprint density at radius 2 is 0.897 bits per heavy atom. The summed E-state index contributed by atoms with van der Waals surface area (Å²) < 4.78 is 52.8. The van der Waals surface area contributed by atoms with Crippen LogP contribution in [0.1, 0.15) is 71.1 Å². The maximum Gasteiger partial charge on any atom is 1.00 e. The summed E-state index contributed by atoms with van der Waals surface area (Å²) in [6, 6.07) is 0. The summed E-state index contributed by atoms with van der Waals surface area (Å²) >= 11 is 0. The van der Waals surface area contributed by atoms with E-state index in [0.29, 0.717) is 59.1 Å². The quantitative estimate of drug-likeness (QED) is 0.128. The molecule has 0 heterocycles. The third-order valence-electron chi connectivity index (χ3n) is 4.19. The van der Waals surface area contributed by atoms with Gasteiger partial charge in [0.1, 0.15) is 0 Å². The van der Waals surface area contributed by atoms with Crippen LogP contribution in [0, 0.1) is 0 Å². The molecule has 0 aliphatic heterocycles. The molecule has 0 atom stereocenters. The molecular formula is C20H41NaO7S. The van der Waals surface area contributed by atoms with Gasteiger partial charge in [0.25, 0.3) is 0 Å². The van der Waals surface area contributed by atoms with Gasteiger partial charge in [-0.1, -0.05) is 51.9 Å². The van der Waals surface area contributed by atoms with Crippen molar-refractivity contribution in [3.05, 3.63) is 0 Å². The van der Waals surface area contributed by atoms with Gasteiger partial charge in [-0.15, -0.1) is 0 Å². The van der Waals surface area contributed by atoms with Crippen molar-refractivity contribution in [2.24, 2.45) is 0 Å². The van der Waals surface area contributed by atoms with E-state index < -0.39 is 10.1 Å². The predicted molar refractivity (Wildman–Crippen MR) is 110 cm³/mol. The Kier molecular flexibility index (Phi) is 27.5. The molecule has 0 spiro atoms. The number of ether oxygens (including phenoxy) is 4. The molecule has 0 amide bonds. The zero-order valence-corrected chi connectivity index (χ0v) is 21.5. The Labute approximate surface area is 200 Å². The molecule has 0 rings (SSSR count). The van der Waals surface area contributed by atoms with Crippen molar-refractivity contribution in [1.82, 2.24) is 0 Å². The third-order valence-corrected chi connectivity index (χ3v) is 4.98. The molecule has 0 aliphatic carbocycles. The normalized spacial score (nSPS) is 11.5. The van der Waals surface area contributed by atoms with Gasteiger partial charge in [-0.05, 0) is 19.3 Å². The number of hydrogen-bond donors (Lipinski definition) is 0. The second-order valence-electron chi connectivity index (χ2n) is 6.89. The minimum Gasteiger partial charge on any atom is -0.748 e. The zero-order valence-electron chi connectivity index (χ0n) is 18.7. The maximum atomic E-state index is 10.4. The average Bonchev–Trinajstić information content (AvgIpc) is 2.65. The SMILES string of the molecule is CCCCCCCCCCOCCOCCOCCOCCCCS(=O)(=O)[O-].[Na+]. The molecule has 0 saturated carbocycles. The molecule has 0 saturated heterocycles. The van der Waals surface area contributed by atoms with E-state index in [9.17, 15) is 13.0 Å². The summed E-state index contributed by atoms with van der Waals surface area (Å²) in [6.07, 6.45) is 11.3. The first-order valence-corrected chi connectivity index (χ1v) is 12.4. The maximum absolute atomic E-state index is 10.4. The molecule has 170 valence electrons. The van der Waals surface area contributed by atoms with E-state index in [1.54, 1.807) is 0 Å². The predicted octanol–water partition coefficient (Wildman–Crippen LogP) is 0.523. The molecule has 7 nitrogen and oxygen atoms in total. The van der Waals surface area contributed by atoms with Crippen molar-refractivity contribution in [3.63, 3.8) is 0 Å². The fourth-order valence-electron chi connectivity index (χ4n) is 2.58. The van der Waals surface area contributed by atoms with Crippen LogP contribution in [-0.2, 0) is 29.1 Å². The van der Waals surface area contributed by atoms with E-state index in [4.69, 9.17) is 18.9 Å². The molecule has 29 heavy (non-hydrogen) atoms. The van der Waals surface area contributed by atoms with E-state index in [0.717, 1.165) is 13.0 Å². The number of unbranched alkanes of at least 4 members (excludes halogenated alkanes) is 8. The van der Waals surface area contributed by atoms with Gasteiger partial charge in [0.15, 0.2) is 0 Å². The van der Waals surface area contributed by atoms with Crippen LogP contribution in [0.2, 0.25) is 0 Å². The first-order valence-electron chi connectivity index (χ1n) is 10.8. The van der Waals surface area contributed by atoms with Gasteiger partial charge in [-0.25, -0.2) is 8.42 Å². The fourth-order valence-corrected chi connectivity index (χ4v) is 3.14. The van der Waals surface area contributed by atoms with Gasteiger partial charge in [0.2, 0.25) is 0 Å². The zero-order chi connectivity index (χ0) is 20.8. The van der Waals surface area contributed by atoms with Gasteiger partial charge >= 0.3 is 29.6 Å². The van der Waals surface area contributed by atoms with Crippen LogP contribution < -0.4 is 29.6 Å². The molecule has 0 unspecified atom stereocenters. The second-order valence-corrected chi connectivity index (χ2v) is 8.42. The summed E-state index contributed by atoms with van der Waals surface area (Å²) in [5, 5.41) is 0. The first-order chi connectivity index (χ1) is 13.6. The minimum absolute atomic E-state index is 0. The van der Waals surface area contributed by atoms with Crippen LogP contribution in [0.5, 0.6) is 0 Å². The Hall–Kier alpha value is 0.750. The Balaban J connectivity index is 0. The van der Waals surface area contributed by atoms with E-state index >= 15 is 0 Å². The Bertz CT molecular complexity index is 408. The number of rotatable bonds is 23. The molecule has 0 fully saturated rings. The molecule has 9 heteroatoms. The van der Waals surface area contributed by atoms with Crippen LogP contribution in [0.3, 0.4) is 0 Å². The second kappa shape index (κ2) is 25.0.